The van der Waals surface area contributed by atoms with Gasteiger partial charge in [0, 0.05) is 30.8 Å². The van der Waals surface area contributed by atoms with E-state index in [0.29, 0.717) is 49.2 Å². The standard InChI is InChI=1S/C27H33F3N4O2/c28-27(29,30)26(10-3-11-26)19-33-14-8-20(9-15-33)18-36-24-17-31-23(16-32-24)21-4-6-22(7-5-21)25(35)34-12-1-2-13-34/h4-7,16-17,20H,1-3,8-15,18-19H2. The Hall–Kier alpha value is -2.68. The molecule has 1 aromatic heterocycles. The lowest BCUT2D eigenvalue weighted by Crippen LogP contribution is -2.53. The largest absolute Gasteiger partial charge is 0.476 e. The Bertz CT molecular complexity index is 1020. The molecule has 194 valence electrons. The molecule has 1 saturated carbocycles. The van der Waals surface area contributed by atoms with Crippen molar-refractivity contribution in [1.29, 1.82) is 0 Å². The second kappa shape index (κ2) is 10.4. The van der Waals surface area contributed by atoms with Gasteiger partial charge >= 0.3 is 6.18 Å². The number of hydrogen-bond acceptors (Lipinski definition) is 5. The molecule has 0 N–H and O–H groups in total. The molecular formula is C27H33F3N4O2. The third-order valence-corrected chi connectivity index (χ3v) is 8.06. The van der Waals surface area contributed by atoms with E-state index in [4.69, 9.17) is 4.74 Å². The van der Waals surface area contributed by atoms with E-state index in [1.54, 1.807) is 12.4 Å². The summed E-state index contributed by atoms with van der Waals surface area (Å²) < 4.78 is 46.2. The van der Waals surface area contributed by atoms with Crippen molar-refractivity contribution in [3.63, 3.8) is 0 Å². The molecule has 0 radical (unpaired) electrons. The van der Waals surface area contributed by atoms with Gasteiger partial charge in [-0.2, -0.15) is 13.2 Å². The molecule has 36 heavy (non-hydrogen) atoms. The molecule has 2 aromatic rings. The van der Waals surface area contributed by atoms with E-state index in [9.17, 15) is 18.0 Å². The maximum Gasteiger partial charge on any atom is 0.395 e. The van der Waals surface area contributed by atoms with Gasteiger partial charge in [-0.3, -0.25) is 4.79 Å². The van der Waals surface area contributed by atoms with Gasteiger partial charge in [-0.15, -0.1) is 0 Å². The number of ether oxygens (including phenoxy) is 1. The number of benzene rings is 1. The van der Waals surface area contributed by atoms with E-state index in [1.807, 2.05) is 34.1 Å². The van der Waals surface area contributed by atoms with E-state index >= 15 is 0 Å². The maximum atomic E-state index is 13.5. The fourth-order valence-corrected chi connectivity index (χ4v) is 5.50. The molecule has 9 heteroatoms. The summed E-state index contributed by atoms with van der Waals surface area (Å²) in [6.07, 6.45) is 4.11. The van der Waals surface area contributed by atoms with Crippen LogP contribution in [0.2, 0.25) is 0 Å². The first kappa shape index (κ1) is 25.0. The number of alkyl halides is 3. The second-order valence-electron chi connectivity index (χ2n) is 10.5. The fourth-order valence-electron chi connectivity index (χ4n) is 5.50. The van der Waals surface area contributed by atoms with Crippen molar-refractivity contribution in [2.24, 2.45) is 11.3 Å². The van der Waals surface area contributed by atoms with Gasteiger partial charge in [-0.25, -0.2) is 9.97 Å². The number of aromatic nitrogens is 2. The van der Waals surface area contributed by atoms with Crippen molar-refractivity contribution in [3.05, 3.63) is 42.2 Å². The van der Waals surface area contributed by atoms with E-state index in [2.05, 4.69) is 9.97 Å². The highest BCUT2D eigenvalue weighted by molar-refractivity contribution is 5.94. The van der Waals surface area contributed by atoms with Crippen LogP contribution in [0.5, 0.6) is 5.88 Å². The van der Waals surface area contributed by atoms with Crippen molar-refractivity contribution in [2.75, 3.05) is 39.3 Å². The number of rotatable bonds is 7. The van der Waals surface area contributed by atoms with Gasteiger partial charge in [-0.1, -0.05) is 18.6 Å². The van der Waals surface area contributed by atoms with Gasteiger partial charge in [0.05, 0.1) is 30.1 Å². The zero-order chi connectivity index (χ0) is 25.2. The first-order valence-electron chi connectivity index (χ1n) is 13.0. The Kier molecular flexibility index (Phi) is 7.19. The van der Waals surface area contributed by atoms with Crippen LogP contribution in [0.25, 0.3) is 11.3 Å². The summed E-state index contributed by atoms with van der Waals surface area (Å²) in [5.41, 5.74) is 0.769. The molecule has 0 spiro atoms. The van der Waals surface area contributed by atoms with Gasteiger partial charge in [0.1, 0.15) is 0 Å². The van der Waals surface area contributed by atoms with E-state index in [1.165, 1.54) is 0 Å². The van der Waals surface area contributed by atoms with E-state index < -0.39 is 11.6 Å². The average Bonchev–Trinajstić information content (AvgIpc) is 3.40. The lowest BCUT2D eigenvalue weighted by molar-refractivity contribution is -0.256. The molecule has 2 saturated heterocycles. The van der Waals surface area contributed by atoms with Crippen LogP contribution < -0.4 is 4.74 Å². The van der Waals surface area contributed by atoms with Crippen LogP contribution in [0.4, 0.5) is 13.2 Å². The normalized spacial score (nSPS) is 20.8. The summed E-state index contributed by atoms with van der Waals surface area (Å²) in [4.78, 5) is 25.2. The molecule has 3 heterocycles. The molecule has 1 amide bonds. The molecule has 3 aliphatic rings. The minimum atomic E-state index is -4.11. The molecule has 0 unspecified atom stereocenters. The molecule has 5 rings (SSSR count). The topological polar surface area (TPSA) is 58.6 Å². The average molecular weight is 503 g/mol. The predicted molar refractivity (Wildman–Crippen MR) is 130 cm³/mol. The number of hydrogen-bond donors (Lipinski definition) is 0. The summed E-state index contributed by atoms with van der Waals surface area (Å²) >= 11 is 0. The van der Waals surface area contributed by atoms with E-state index in [0.717, 1.165) is 44.3 Å². The number of carbonyl (C=O) groups is 1. The summed E-state index contributed by atoms with van der Waals surface area (Å²) in [5.74, 6) is 0.807. The van der Waals surface area contributed by atoms with Gasteiger partial charge in [0.15, 0.2) is 0 Å². The Morgan fingerprint density at radius 2 is 1.67 bits per heavy atom. The van der Waals surface area contributed by atoms with Gasteiger partial charge in [0.2, 0.25) is 5.88 Å². The van der Waals surface area contributed by atoms with Crippen LogP contribution in [0.3, 0.4) is 0 Å². The fraction of sp³-hybridized carbons (Fsp3) is 0.593. The smallest absolute Gasteiger partial charge is 0.395 e. The van der Waals surface area contributed by atoms with Crippen molar-refractivity contribution < 1.29 is 22.7 Å². The van der Waals surface area contributed by atoms with Crippen LogP contribution in [0.1, 0.15) is 55.3 Å². The first-order chi connectivity index (χ1) is 17.3. The Morgan fingerprint density at radius 3 is 2.22 bits per heavy atom. The molecule has 6 nitrogen and oxygen atoms in total. The summed E-state index contributed by atoms with van der Waals surface area (Å²) in [5, 5.41) is 0. The lowest BCUT2D eigenvalue weighted by atomic mass is 9.67. The molecular weight excluding hydrogens is 469 g/mol. The molecule has 0 atom stereocenters. The zero-order valence-corrected chi connectivity index (χ0v) is 20.5. The minimum absolute atomic E-state index is 0.0719. The quantitative estimate of drug-likeness (QED) is 0.521. The van der Waals surface area contributed by atoms with Crippen LogP contribution in [-0.2, 0) is 0 Å². The number of halogens is 3. The van der Waals surface area contributed by atoms with Crippen LogP contribution >= 0.6 is 0 Å². The summed E-state index contributed by atoms with van der Waals surface area (Å²) in [7, 11) is 0. The number of likely N-dealkylation sites (tertiary alicyclic amines) is 2. The Labute approximate surface area is 209 Å². The molecule has 1 aromatic carbocycles. The van der Waals surface area contributed by atoms with E-state index in [-0.39, 0.29) is 25.3 Å². The van der Waals surface area contributed by atoms with Crippen molar-refractivity contribution in [3.8, 4) is 17.1 Å². The minimum Gasteiger partial charge on any atom is -0.476 e. The lowest BCUT2D eigenvalue weighted by Gasteiger charge is -2.47. The maximum absolute atomic E-state index is 13.5. The zero-order valence-electron chi connectivity index (χ0n) is 20.5. The van der Waals surface area contributed by atoms with Gasteiger partial charge in [0.25, 0.3) is 5.91 Å². The van der Waals surface area contributed by atoms with Crippen molar-refractivity contribution in [1.82, 2.24) is 19.8 Å². The highest BCUT2D eigenvalue weighted by Gasteiger charge is 2.58. The second-order valence-corrected chi connectivity index (χ2v) is 10.5. The number of piperidine rings is 1. The van der Waals surface area contributed by atoms with Crippen LogP contribution in [0, 0.1) is 11.3 Å². The number of amides is 1. The summed E-state index contributed by atoms with van der Waals surface area (Å²) in [6.45, 7) is 3.61. The van der Waals surface area contributed by atoms with Gasteiger partial charge in [-0.05, 0) is 69.7 Å². The van der Waals surface area contributed by atoms with Crippen molar-refractivity contribution >= 4 is 5.91 Å². The SMILES string of the molecule is O=C(c1ccc(-c2cnc(OCC3CCN(CC4(C(F)(F)F)CCC4)CC3)cn2)cc1)N1CCCC1. The van der Waals surface area contributed by atoms with Crippen LogP contribution in [-0.4, -0.2) is 71.2 Å². The third-order valence-electron chi connectivity index (χ3n) is 8.06. The number of carbonyl (C=O) groups excluding carboxylic acids is 1. The third kappa shape index (κ3) is 5.36. The highest BCUT2D eigenvalue weighted by atomic mass is 19.4. The molecule has 0 bridgehead atoms. The van der Waals surface area contributed by atoms with Gasteiger partial charge < -0.3 is 14.5 Å². The molecule has 3 fully saturated rings. The first-order valence-corrected chi connectivity index (χ1v) is 13.0. The Morgan fingerprint density at radius 1 is 0.972 bits per heavy atom. The predicted octanol–water partition coefficient (Wildman–Crippen LogP) is 5.20. The van der Waals surface area contributed by atoms with Crippen molar-refractivity contribution in [2.45, 2.75) is 51.1 Å². The van der Waals surface area contributed by atoms with Crippen LogP contribution in [0.15, 0.2) is 36.7 Å². The highest BCUT2D eigenvalue weighted by Crippen LogP contribution is 2.53. The number of nitrogens with zero attached hydrogens (tertiary/aromatic N) is 4. The molecule has 1 aliphatic carbocycles. The monoisotopic (exact) mass is 502 g/mol. The molecule has 2 aliphatic heterocycles. The summed E-state index contributed by atoms with van der Waals surface area (Å²) in [6, 6.07) is 7.42. The Balaban J connectivity index is 1.08.